The summed E-state index contributed by atoms with van der Waals surface area (Å²) >= 11 is 0. The van der Waals surface area contributed by atoms with Gasteiger partial charge in [-0.3, -0.25) is 0 Å². The minimum atomic E-state index is -4.12. The van der Waals surface area contributed by atoms with Gasteiger partial charge in [0.25, 0.3) is 0 Å². The van der Waals surface area contributed by atoms with Gasteiger partial charge in [0.05, 0.1) is 6.54 Å². The van der Waals surface area contributed by atoms with Crippen molar-refractivity contribution in [1.29, 1.82) is 0 Å². The lowest BCUT2D eigenvalue weighted by atomic mass is 9.80. The highest BCUT2D eigenvalue weighted by molar-refractivity contribution is 4.84. The molecule has 0 aliphatic carbocycles. The number of halogens is 3. The Bertz CT molecular complexity index is 258. The Kier molecular flexibility index (Phi) is 5.06. The normalized spacial score (nSPS) is 27.5. The van der Waals surface area contributed by atoms with Crippen molar-refractivity contribution in [1.82, 2.24) is 10.2 Å². The van der Waals surface area contributed by atoms with Crippen LogP contribution in [-0.2, 0) is 0 Å². The van der Waals surface area contributed by atoms with Crippen molar-refractivity contribution < 1.29 is 13.2 Å². The molecular weight excluding hydrogens is 241 g/mol. The van der Waals surface area contributed by atoms with Gasteiger partial charge in [-0.2, -0.15) is 13.2 Å². The summed E-state index contributed by atoms with van der Waals surface area (Å²) in [6.07, 6.45) is -2.21. The Balaban J connectivity index is 2.45. The summed E-state index contributed by atoms with van der Waals surface area (Å²) in [7, 11) is 1.98. The maximum absolute atomic E-state index is 12.2. The van der Waals surface area contributed by atoms with E-state index in [-0.39, 0.29) is 11.5 Å². The zero-order valence-electron chi connectivity index (χ0n) is 11.8. The van der Waals surface area contributed by atoms with Crippen LogP contribution in [0.3, 0.4) is 0 Å². The Morgan fingerprint density at radius 3 is 2.28 bits per heavy atom. The SMILES string of the molecule is CN1CC(CC(C)(C)C)CC(NCC(F)(F)F)C1. The van der Waals surface area contributed by atoms with Gasteiger partial charge >= 0.3 is 6.18 Å². The predicted octanol–water partition coefficient (Wildman–Crippen LogP) is 2.89. The average Bonchev–Trinajstić information content (AvgIpc) is 2.09. The first-order valence-corrected chi connectivity index (χ1v) is 6.54. The molecule has 1 aliphatic heterocycles. The first-order valence-electron chi connectivity index (χ1n) is 6.54. The monoisotopic (exact) mass is 266 g/mol. The van der Waals surface area contributed by atoms with Crippen molar-refractivity contribution in [2.75, 3.05) is 26.7 Å². The third kappa shape index (κ3) is 6.59. The zero-order chi connectivity index (χ0) is 14.0. The molecule has 0 aromatic rings. The fourth-order valence-electron chi connectivity index (χ4n) is 2.86. The topological polar surface area (TPSA) is 15.3 Å². The van der Waals surface area contributed by atoms with Crippen LogP contribution in [0.1, 0.15) is 33.6 Å². The van der Waals surface area contributed by atoms with Gasteiger partial charge in [0.1, 0.15) is 0 Å². The number of likely N-dealkylation sites (N-methyl/N-ethyl adjacent to an activating group) is 1. The van der Waals surface area contributed by atoms with Gasteiger partial charge in [0, 0.05) is 19.1 Å². The lowest BCUT2D eigenvalue weighted by molar-refractivity contribution is -0.127. The maximum Gasteiger partial charge on any atom is 0.401 e. The van der Waals surface area contributed by atoms with Crippen LogP contribution in [0.25, 0.3) is 0 Å². The highest BCUT2D eigenvalue weighted by Gasteiger charge is 2.32. The lowest BCUT2D eigenvalue weighted by Gasteiger charge is -2.38. The number of nitrogens with zero attached hydrogens (tertiary/aromatic N) is 1. The molecule has 0 bridgehead atoms. The Hall–Kier alpha value is -0.290. The molecule has 18 heavy (non-hydrogen) atoms. The molecule has 5 heteroatoms. The highest BCUT2D eigenvalue weighted by Crippen LogP contribution is 2.30. The quantitative estimate of drug-likeness (QED) is 0.845. The van der Waals surface area contributed by atoms with E-state index in [1.165, 1.54) is 0 Å². The minimum absolute atomic E-state index is 0.0438. The fourth-order valence-corrected chi connectivity index (χ4v) is 2.86. The van der Waals surface area contributed by atoms with Crippen LogP contribution in [0.2, 0.25) is 0 Å². The molecule has 2 atom stereocenters. The molecule has 0 aromatic heterocycles. The molecule has 2 nitrogen and oxygen atoms in total. The number of rotatable bonds is 3. The summed E-state index contributed by atoms with van der Waals surface area (Å²) in [5, 5.41) is 2.64. The third-order valence-electron chi connectivity index (χ3n) is 3.21. The summed E-state index contributed by atoms with van der Waals surface area (Å²) in [4.78, 5) is 2.13. The van der Waals surface area contributed by atoms with Gasteiger partial charge in [0.15, 0.2) is 0 Å². The first-order chi connectivity index (χ1) is 8.05. The number of hydrogen-bond donors (Lipinski definition) is 1. The van der Waals surface area contributed by atoms with E-state index in [0.29, 0.717) is 12.5 Å². The predicted molar refractivity (Wildman–Crippen MR) is 67.5 cm³/mol. The van der Waals surface area contributed by atoms with Gasteiger partial charge in [-0.15, -0.1) is 0 Å². The molecule has 1 saturated heterocycles. The molecule has 0 radical (unpaired) electrons. The molecule has 108 valence electrons. The average molecular weight is 266 g/mol. The summed E-state index contributed by atoms with van der Waals surface area (Å²) in [5.41, 5.74) is 0.234. The van der Waals surface area contributed by atoms with E-state index >= 15 is 0 Å². The summed E-state index contributed by atoms with van der Waals surface area (Å²) in [6, 6.07) is -0.0438. The fraction of sp³-hybridized carbons (Fsp3) is 1.00. The highest BCUT2D eigenvalue weighted by atomic mass is 19.4. The van der Waals surface area contributed by atoms with E-state index in [1.54, 1.807) is 0 Å². The lowest BCUT2D eigenvalue weighted by Crippen LogP contribution is -2.50. The standard InChI is InChI=1S/C13H25F3N2/c1-12(2,3)6-10-5-11(8-18(4)7-10)17-9-13(14,15)16/h10-11,17H,5-9H2,1-4H3. The van der Waals surface area contributed by atoms with Gasteiger partial charge in [0.2, 0.25) is 0 Å². The van der Waals surface area contributed by atoms with Crippen molar-refractivity contribution >= 4 is 0 Å². The van der Waals surface area contributed by atoms with Crippen molar-refractivity contribution in [2.24, 2.45) is 11.3 Å². The second kappa shape index (κ2) is 5.78. The maximum atomic E-state index is 12.2. The molecule has 1 fully saturated rings. The number of alkyl halides is 3. The number of hydrogen-bond acceptors (Lipinski definition) is 2. The first kappa shape index (κ1) is 15.8. The van der Waals surface area contributed by atoms with Crippen LogP contribution in [0, 0.1) is 11.3 Å². The van der Waals surface area contributed by atoms with Crippen molar-refractivity contribution in [3.05, 3.63) is 0 Å². The van der Waals surface area contributed by atoms with Crippen LogP contribution < -0.4 is 5.32 Å². The van der Waals surface area contributed by atoms with Crippen molar-refractivity contribution in [3.8, 4) is 0 Å². The van der Waals surface area contributed by atoms with Crippen molar-refractivity contribution in [3.63, 3.8) is 0 Å². The van der Waals surface area contributed by atoms with E-state index in [0.717, 1.165) is 19.4 Å². The summed E-state index contributed by atoms with van der Waals surface area (Å²) in [6.45, 7) is 7.35. The van der Waals surface area contributed by atoms with E-state index < -0.39 is 12.7 Å². The minimum Gasteiger partial charge on any atom is -0.305 e. The smallest absolute Gasteiger partial charge is 0.305 e. The molecule has 0 aromatic carbocycles. The Morgan fingerprint density at radius 2 is 1.78 bits per heavy atom. The van der Waals surface area contributed by atoms with Crippen LogP contribution >= 0.6 is 0 Å². The number of nitrogens with one attached hydrogen (secondary N) is 1. The Labute approximate surface area is 108 Å². The van der Waals surface area contributed by atoms with E-state index in [2.05, 4.69) is 31.0 Å². The zero-order valence-corrected chi connectivity index (χ0v) is 11.8. The molecule has 0 amide bonds. The second-order valence-electron chi connectivity index (χ2n) is 6.78. The van der Waals surface area contributed by atoms with Gasteiger partial charge in [-0.05, 0) is 31.2 Å². The summed E-state index contributed by atoms with van der Waals surface area (Å²) in [5.74, 6) is 0.481. The van der Waals surface area contributed by atoms with Gasteiger partial charge in [-0.1, -0.05) is 20.8 Å². The van der Waals surface area contributed by atoms with E-state index in [9.17, 15) is 13.2 Å². The van der Waals surface area contributed by atoms with Gasteiger partial charge < -0.3 is 10.2 Å². The Morgan fingerprint density at radius 1 is 1.17 bits per heavy atom. The molecule has 0 spiro atoms. The molecule has 0 saturated carbocycles. The third-order valence-corrected chi connectivity index (χ3v) is 3.21. The van der Waals surface area contributed by atoms with Gasteiger partial charge in [-0.25, -0.2) is 0 Å². The molecule has 1 N–H and O–H groups in total. The molecule has 1 heterocycles. The van der Waals surface area contributed by atoms with Crippen LogP contribution in [0.5, 0.6) is 0 Å². The molecular formula is C13H25F3N2. The van der Waals surface area contributed by atoms with Crippen molar-refractivity contribution in [2.45, 2.75) is 45.8 Å². The largest absolute Gasteiger partial charge is 0.401 e. The van der Waals surface area contributed by atoms with E-state index in [1.807, 2.05) is 7.05 Å². The molecule has 1 rings (SSSR count). The second-order valence-corrected chi connectivity index (χ2v) is 6.78. The number of piperidine rings is 1. The summed E-state index contributed by atoms with van der Waals surface area (Å²) < 4.78 is 36.6. The van der Waals surface area contributed by atoms with Crippen LogP contribution in [0.15, 0.2) is 0 Å². The van der Waals surface area contributed by atoms with E-state index in [4.69, 9.17) is 0 Å². The molecule has 2 unspecified atom stereocenters. The van der Waals surface area contributed by atoms with Crippen LogP contribution in [-0.4, -0.2) is 43.8 Å². The number of likely N-dealkylation sites (tertiary alicyclic amines) is 1. The molecule has 1 aliphatic rings. The van der Waals surface area contributed by atoms with Crippen LogP contribution in [0.4, 0.5) is 13.2 Å².